The van der Waals surface area contributed by atoms with Gasteiger partial charge in [0.1, 0.15) is 12.4 Å². The lowest BCUT2D eigenvalue weighted by atomic mass is 10.1. The number of aliphatic hydroxyl groups is 1. The highest BCUT2D eigenvalue weighted by Crippen LogP contribution is 2.39. The normalized spacial score (nSPS) is 12.8. The molecule has 1 N–H and O–H groups in total. The Morgan fingerprint density at radius 2 is 1.97 bits per heavy atom. The number of benzene rings is 1. The zero-order valence-corrected chi connectivity index (χ0v) is 19.5. The minimum atomic E-state index is -4.66. The van der Waals surface area contributed by atoms with Gasteiger partial charge in [0.25, 0.3) is 0 Å². The third-order valence-electron chi connectivity index (χ3n) is 5.14. The Bertz CT molecular complexity index is 1450. The monoisotopic (exact) mass is 512 g/mol. The highest BCUT2D eigenvalue weighted by molar-refractivity contribution is 6.30. The van der Waals surface area contributed by atoms with E-state index in [0.717, 1.165) is 11.6 Å². The number of fused-ring (bicyclic) bond motifs is 1. The van der Waals surface area contributed by atoms with Gasteiger partial charge in [-0.15, -0.1) is 5.10 Å². The summed E-state index contributed by atoms with van der Waals surface area (Å²) < 4.78 is 54.8. The van der Waals surface area contributed by atoms with E-state index in [-0.39, 0.29) is 46.0 Å². The van der Waals surface area contributed by atoms with Crippen LogP contribution in [0.2, 0.25) is 5.15 Å². The van der Waals surface area contributed by atoms with Crippen LogP contribution in [0.3, 0.4) is 0 Å². The van der Waals surface area contributed by atoms with E-state index in [2.05, 4.69) is 15.2 Å². The lowest BCUT2D eigenvalue weighted by Crippen LogP contribution is -2.31. The zero-order valence-electron chi connectivity index (χ0n) is 18.7. The Labute approximate surface area is 201 Å². The number of hydrogen-bond donors (Lipinski definition) is 1. The number of ether oxygens (including phenoxy) is 2. The zero-order chi connectivity index (χ0) is 25.5. The predicted molar refractivity (Wildman–Crippen MR) is 119 cm³/mol. The van der Waals surface area contributed by atoms with Gasteiger partial charge in [-0.3, -0.25) is 9.25 Å². The van der Waals surface area contributed by atoms with Crippen molar-refractivity contribution in [3.8, 4) is 23.1 Å². The molecule has 3 aromatic heterocycles. The number of halogens is 4. The van der Waals surface area contributed by atoms with Crippen molar-refractivity contribution in [1.29, 1.82) is 0 Å². The van der Waals surface area contributed by atoms with Gasteiger partial charge in [-0.2, -0.15) is 23.0 Å². The summed E-state index contributed by atoms with van der Waals surface area (Å²) in [5, 5.41) is 18.1. The smallest absolute Gasteiger partial charge is 0.425 e. The number of rotatable bonds is 7. The fourth-order valence-electron chi connectivity index (χ4n) is 3.43. The highest BCUT2D eigenvalue weighted by atomic mass is 35.5. The quantitative estimate of drug-likeness (QED) is 0.403. The molecule has 0 aliphatic heterocycles. The Balaban J connectivity index is 1.93. The minimum Gasteiger partial charge on any atom is -0.480 e. The molecule has 0 aliphatic rings. The van der Waals surface area contributed by atoms with Gasteiger partial charge in [0.05, 0.1) is 17.3 Å². The molecule has 0 amide bonds. The van der Waals surface area contributed by atoms with Gasteiger partial charge >= 0.3 is 11.9 Å². The van der Waals surface area contributed by atoms with Crippen LogP contribution in [0.1, 0.15) is 19.7 Å². The predicted octanol–water partition coefficient (Wildman–Crippen LogP) is 3.60. The number of hydrogen-bond acceptors (Lipinski definition) is 7. The van der Waals surface area contributed by atoms with E-state index < -0.39 is 24.6 Å². The molecule has 0 fully saturated rings. The second-order valence-corrected chi connectivity index (χ2v) is 7.89. The summed E-state index contributed by atoms with van der Waals surface area (Å²) >= 11 is 6.06. The summed E-state index contributed by atoms with van der Waals surface area (Å²) in [6.45, 7) is 2.30. The van der Waals surface area contributed by atoms with Crippen molar-refractivity contribution < 1.29 is 27.8 Å². The van der Waals surface area contributed by atoms with Gasteiger partial charge in [0.2, 0.25) is 5.88 Å². The van der Waals surface area contributed by atoms with Crippen LogP contribution in [0.5, 0.6) is 17.4 Å². The summed E-state index contributed by atoms with van der Waals surface area (Å²) in [5.74, 6) is -0.0722. The highest BCUT2D eigenvalue weighted by Gasteiger charge is 2.38. The first kappa shape index (κ1) is 24.5. The molecule has 10 nitrogen and oxygen atoms in total. The number of aromatic nitrogens is 6. The van der Waals surface area contributed by atoms with Crippen LogP contribution in [0.15, 0.2) is 35.4 Å². The first-order valence-electron chi connectivity index (χ1n) is 10.4. The average molecular weight is 513 g/mol. The molecule has 0 bridgehead atoms. The Morgan fingerprint density at radius 1 is 1.23 bits per heavy atom. The Morgan fingerprint density at radius 3 is 2.54 bits per heavy atom. The first-order valence-corrected chi connectivity index (χ1v) is 10.7. The lowest BCUT2D eigenvalue weighted by molar-refractivity contribution is -0.189. The molecule has 1 atom stereocenters. The van der Waals surface area contributed by atoms with Crippen LogP contribution in [0, 0.1) is 0 Å². The maximum atomic E-state index is 13.4. The molecule has 0 aliphatic carbocycles. The Hall–Kier alpha value is -3.58. The SMILES string of the molecule is CCn1c(CO)nn(-c2cc(OC(C)C(F)(F)F)c3c(Oc4cn(C)nc4Cl)nccc3c2)c1=O. The molecular formula is C21H20ClF3N6O4. The third kappa shape index (κ3) is 4.68. The molecule has 4 aromatic rings. The van der Waals surface area contributed by atoms with E-state index in [1.807, 2.05) is 0 Å². The summed E-state index contributed by atoms with van der Waals surface area (Å²) in [6.07, 6.45) is -3.99. The van der Waals surface area contributed by atoms with E-state index in [1.165, 1.54) is 39.8 Å². The fourth-order valence-corrected chi connectivity index (χ4v) is 3.64. The molecule has 0 saturated carbocycles. The van der Waals surface area contributed by atoms with E-state index in [1.54, 1.807) is 14.0 Å². The van der Waals surface area contributed by atoms with Crippen molar-refractivity contribution in [2.24, 2.45) is 7.05 Å². The molecule has 35 heavy (non-hydrogen) atoms. The van der Waals surface area contributed by atoms with Crippen LogP contribution < -0.4 is 15.2 Å². The van der Waals surface area contributed by atoms with Crippen molar-refractivity contribution in [3.63, 3.8) is 0 Å². The van der Waals surface area contributed by atoms with E-state index in [9.17, 15) is 23.1 Å². The van der Waals surface area contributed by atoms with Crippen molar-refractivity contribution in [1.82, 2.24) is 29.1 Å². The molecule has 0 spiro atoms. The molecule has 0 saturated heterocycles. The van der Waals surface area contributed by atoms with E-state index >= 15 is 0 Å². The molecule has 1 aromatic carbocycles. The maximum Gasteiger partial charge on any atom is 0.425 e. The number of nitrogens with zero attached hydrogens (tertiary/aromatic N) is 6. The van der Waals surface area contributed by atoms with Crippen LogP contribution in [-0.4, -0.2) is 46.5 Å². The summed E-state index contributed by atoms with van der Waals surface area (Å²) in [4.78, 5) is 17.0. The number of aliphatic hydroxyl groups excluding tert-OH is 1. The van der Waals surface area contributed by atoms with Gasteiger partial charge in [-0.1, -0.05) is 11.6 Å². The molecule has 3 heterocycles. The number of pyridine rings is 1. The largest absolute Gasteiger partial charge is 0.480 e. The van der Waals surface area contributed by atoms with Gasteiger partial charge in [0, 0.05) is 25.9 Å². The average Bonchev–Trinajstić information content (AvgIpc) is 3.29. The van der Waals surface area contributed by atoms with Gasteiger partial charge in [-0.05, 0) is 31.4 Å². The fraction of sp³-hybridized carbons (Fsp3) is 0.333. The van der Waals surface area contributed by atoms with Crippen molar-refractivity contribution >= 4 is 22.4 Å². The van der Waals surface area contributed by atoms with Crippen molar-refractivity contribution in [3.05, 3.63) is 52.1 Å². The van der Waals surface area contributed by atoms with E-state index in [4.69, 9.17) is 21.1 Å². The van der Waals surface area contributed by atoms with Gasteiger partial charge < -0.3 is 14.6 Å². The number of aryl methyl sites for hydroxylation is 1. The van der Waals surface area contributed by atoms with Crippen molar-refractivity contribution in [2.45, 2.75) is 39.3 Å². The van der Waals surface area contributed by atoms with Gasteiger partial charge in [-0.25, -0.2) is 9.78 Å². The summed E-state index contributed by atoms with van der Waals surface area (Å²) in [7, 11) is 1.62. The molecular weight excluding hydrogens is 493 g/mol. The van der Waals surface area contributed by atoms with Crippen molar-refractivity contribution in [2.75, 3.05) is 0 Å². The van der Waals surface area contributed by atoms with Crippen LogP contribution >= 0.6 is 11.6 Å². The molecule has 4 rings (SSSR count). The first-order chi connectivity index (χ1) is 16.5. The van der Waals surface area contributed by atoms with Gasteiger partial charge in [0.15, 0.2) is 22.8 Å². The molecule has 1 unspecified atom stereocenters. The topological polar surface area (TPSA) is 109 Å². The molecule has 14 heteroatoms. The summed E-state index contributed by atoms with van der Waals surface area (Å²) in [6, 6.07) is 4.28. The lowest BCUT2D eigenvalue weighted by Gasteiger charge is -2.20. The second kappa shape index (κ2) is 9.23. The maximum absolute atomic E-state index is 13.4. The molecule has 186 valence electrons. The molecule has 0 radical (unpaired) electrons. The van der Waals surface area contributed by atoms with E-state index in [0.29, 0.717) is 5.39 Å². The van der Waals surface area contributed by atoms with Crippen LogP contribution in [-0.2, 0) is 20.2 Å². The minimum absolute atomic E-state index is 0.0299. The summed E-state index contributed by atoms with van der Waals surface area (Å²) in [5.41, 5.74) is -0.441. The third-order valence-corrected chi connectivity index (χ3v) is 5.40. The number of alkyl halides is 3. The Kier molecular flexibility index (Phi) is 6.47. The standard InChI is InChI=1S/C21H20ClF3N6O4/c1-4-30-16(10-32)27-31(20(30)33)13-7-12-5-6-26-19(35-15-9-29(3)28-18(15)22)17(12)14(8-13)34-11(2)21(23,24)25/h5-9,11,32H,4,10H2,1-3H3. The van der Waals surface area contributed by atoms with Crippen LogP contribution in [0.4, 0.5) is 13.2 Å². The van der Waals surface area contributed by atoms with Crippen LogP contribution in [0.25, 0.3) is 16.5 Å². The second-order valence-electron chi connectivity index (χ2n) is 7.53.